The zero-order chi connectivity index (χ0) is 80.2. The summed E-state index contributed by atoms with van der Waals surface area (Å²) < 4.78 is 185. The van der Waals surface area contributed by atoms with Crippen LogP contribution in [0.25, 0.3) is 146 Å². The van der Waals surface area contributed by atoms with Crippen molar-refractivity contribution in [2.24, 2.45) is 0 Å². The van der Waals surface area contributed by atoms with Gasteiger partial charge in [0, 0.05) is 66.3 Å². The maximum absolute atomic E-state index is 15.7. The lowest BCUT2D eigenvalue weighted by Gasteiger charge is -2.32. The van der Waals surface area contributed by atoms with Gasteiger partial charge in [0.15, 0.2) is 34.9 Å². The van der Waals surface area contributed by atoms with E-state index < -0.39 is 68.9 Å². The number of alkyl halides is 12. The summed E-state index contributed by atoms with van der Waals surface area (Å²) in [6.45, 7) is 14.8. The molecule has 4 aromatic heterocycles. The molecule has 20 heteroatoms. The van der Waals surface area contributed by atoms with Crippen LogP contribution in [0.4, 0.5) is 52.7 Å². The lowest BCUT2D eigenvalue weighted by atomic mass is 9.72. The molecule has 0 saturated heterocycles. The van der Waals surface area contributed by atoms with Crippen molar-refractivity contribution in [1.29, 1.82) is 0 Å². The van der Waals surface area contributed by atoms with Gasteiger partial charge in [-0.05, 0) is 159 Å². The number of aromatic nitrogens is 8. The fourth-order valence-electron chi connectivity index (χ4n) is 15.2. The van der Waals surface area contributed by atoms with Gasteiger partial charge < -0.3 is 9.13 Å². The topological polar surface area (TPSA) is 87.2 Å². The summed E-state index contributed by atoms with van der Waals surface area (Å²) in [5.41, 5.74) is 0.390. The number of para-hydroxylation sites is 1. The molecule has 8 nitrogen and oxygen atoms in total. The maximum atomic E-state index is 15.7. The predicted molar refractivity (Wildman–Crippen MR) is 426 cm³/mol. The molecule has 0 spiro atoms. The molecule has 0 amide bonds. The number of benzene rings is 12. The quantitative estimate of drug-likeness (QED) is 0.0951. The molecule has 570 valence electrons. The highest BCUT2D eigenvalue weighted by atomic mass is 19.4. The fraction of sp³-hybridized carbons (Fsp3) is 0.170. The Morgan fingerprint density at radius 1 is 0.237 bits per heavy atom. The van der Waals surface area contributed by atoms with Gasteiger partial charge >= 0.3 is 24.7 Å². The lowest BCUT2D eigenvalue weighted by Crippen LogP contribution is -2.24. The minimum atomic E-state index is -5.27. The number of fused-ring (bicyclic) bond motifs is 6. The largest absolute Gasteiger partial charge is 0.417 e. The Kier molecular flexibility index (Phi) is 18.7. The first-order valence-electron chi connectivity index (χ1n) is 36.9. The first-order chi connectivity index (χ1) is 54.1. The van der Waals surface area contributed by atoms with Gasteiger partial charge in [-0.2, -0.15) is 52.7 Å². The molecule has 0 fully saturated rings. The van der Waals surface area contributed by atoms with Crippen molar-refractivity contribution in [2.75, 3.05) is 0 Å². The summed E-state index contributed by atoms with van der Waals surface area (Å²) in [5, 5.41) is 3.32. The molecule has 0 aliphatic carbocycles. The molecule has 0 aliphatic rings. The summed E-state index contributed by atoms with van der Waals surface area (Å²) in [6.07, 6.45) is -19.5. The van der Waals surface area contributed by atoms with Crippen LogP contribution < -0.4 is 0 Å². The van der Waals surface area contributed by atoms with E-state index in [1.807, 2.05) is 75.9 Å². The van der Waals surface area contributed by atoms with Gasteiger partial charge in [0.1, 0.15) is 0 Å². The predicted octanol–water partition coefficient (Wildman–Crippen LogP) is 27.0. The molecule has 0 bridgehead atoms. The molecule has 0 unspecified atom stereocenters. The normalized spacial score (nSPS) is 12.8. The van der Waals surface area contributed by atoms with Crippen LogP contribution in [0.5, 0.6) is 0 Å². The van der Waals surface area contributed by atoms with Gasteiger partial charge in [-0.1, -0.05) is 230 Å². The second-order valence-electron chi connectivity index (χ2n) is 30.9. The lowest BCUT2D eigenvalue weighted by molar-refractivity contribution is -0.144. The average molecular weight is 1540 g/mol. The molecule has 4 heterocycles. The fourth-order valence-corrected chi connectivity index (χ4v) is 15.2. The number of hydrogen-bond acceptors (Lipinski definition) is 6. The molecule has 0 saturated carbocycles. The first kappa shape index (κ1) is 75.5. The van der Waals surface area contributed by atoms with Crippen molar-refractivity contribution < 1.29 is 52.7 Å². The molecule has 16 aromatic rings. The van der Waals surface area contributed by atoms with Gasteiger partial charge in [-0.25, -0.2) is 29.9 Å². The van der Waals surface area contributed by atoms with Gasteiger partial charge in [0.05, 0.1) is 44.3 Å². The molecule has 0 aliphatic heterocycles. The summed E-state index contributed by atoms with van der Waals surface area (Å²) in [7, 11) is 0. The van der Waals surface area contributed by atoms with Gasteiger partial charge in [-0.15, -0.1) is 0 Å². The van der Waals surface area contributed by atoms with Crippen LogP contribution in [0, 0.1) is 0 Å². The molecule has 12 aromatic carbocycles. The van der Waals surface area contributed by atoms with E-state index in [0.29, 0.717) is 75.2 Å². The Morgan fingerprint density at radius 3 is 0.947 bits per heavy atom. The van der Waals surface area contributed by atoms with Crippen molar-refractivity contribution in [2.45, 2.75) is 102 Å². The van der Waals surface area contributed by atoms with Crippen LogP contribution in [-0.4, -0.2) is 39.0 Å². The third-order valence-electron chi connectivity index (χ3n) is 21.5. The van der Waals surface area contributed by atoms with Crippen LogP contribution in [0.2, 0.25) is 0 Å². The highest BCUT2D eigenvalue weighted by molar-refractivity contribution is 6.11. The van der Waals surface area contributed by atoms with Gasteiger partial charge in [-0.3, -0.25) is 0 Å². The van der Waals surface area contributed by atoms with E-state index in [4.69, 9.17) is 29.9 Å². The summed E-state index contributed by atoms with van der Waals surface area (Å²) in [5.74, 6) is 0.813. The summed E-state index contributed by atoms with van der Waals surface area (Å²) in [6, 6.07) is 75.2. The van der Waals surface area contributed by atoms with Crippen molar-refractivity contribution in [3.63, 3.8) is 0 Å². The van der Waals surface area contributed by atoms with Crippen LogP contribution in [0.3, 0.4) is 0 Å². The molecule has 0 atom stereocenters. The standard InChI is InChI=1S/C94H70F12N8/c1-88(2,3)59-32-41-69-70-42-33-61(52-81(70)114(80(69)51-59)65-38-44-72(74(54-65)67-40-35-63(92(98,99)100)50-77(67)94(104,105)106)87-111-84(57-26-16-10-17-27-57)108-85(112-87)58-28-18-11-19-29-58)90(6,7)47-46-89(4,5)60-36-45-79-75(48-60)68-30-20-21-31-78(68)113(79)64-37-43-71(73(53-64)66-39-34-62(91(95,96)97)49-76(66)93(101,102)103)86-109-82(55-22-12-8-13-23-55)107-83(110-86)56-24-14-9-15-25-56/h8-45,48-54H,46-47H2,1-7H3. The smallest absolute Gasteiger partial charge is 0.309 e. The van der Waals surface area contributed by atoms with Gasteiger partial charge in [0.2, 0.25) is 0 Å². The molecule has 114 heavy (non-hydrogen) atoms. The van der Waals surface area contributed by atoms with E-state index in [1.54, 1.807) is 133 Å². The third-order valence-corrected chi connectivity index (χ3v) is 21.5. The Labute approximate surface area is 648 Å². The number of hydrogen-bond donors (Lipinski definition) is 0. The van der Waals surface area contributed by atoms with Gasteiger partial charge in [0.25, 0.3) is 0 Å². The van der Waals surface area contributed by atoms with Crippen molar-refractivity contribution >= 4 is 43.6 Å². The SMILES string of the molecule is CC(C)(C)c1ccc2c3ccc(C(C)(C)CCC(C)(C)c4ccc5c(c4)c4ccccc4n5-c4ccc(-c5nc(-c6ccccc6)nc(-c6ccccc6)n5)c(-c5ccc(C(F)(F)F)cc5C(F)(F)F)c4)cc3n(-c3ccc(-c4nc(-c5ccccc5)nc(-c5ccccc5)n4)c(-c4ccc(C(F)(F)F)cc4C(F)(F)F)c3)c2c1. The third kappa shape index (κ3) is 14.4. The minimum Gasteiger partial charge on any atom is -0.309 e. The van der Waals surface area contributed by atoms with E-state index in [2.05, 4.69) is 84.9 Å². The van der Waals surface area contributed by atoms with E-state index in [-0.39, 0.29) is 74.7 Å². The average Bonchev–Trinajstić information content (AvgIpc) is 1.55. The molecule has 16 rings (SSSR count). The monoisotopic (exact) mass is 1540 g/mol. The molecular formula is C94H70F12N8. The molecular weight excluding hydrogens is 1470 g/mol. The number of halogens is 12. The molecule has 0 N–H and O–H groups in total. The van der Waals surface area contributed by atoms with E-state index in [0.717, 1.165) is 55.9 Å². The second kappa shape index (κ2) is 28.3. The highest BCUT2D eigenvalue weighted by Gasteiger charge is 2.42. The minimum absolute atomic E-state index is 0.0198. The van der Waals surface area contributed by atoms with Crippen molar-refractivity contribution in [1.82, 2.24) is 39.0 Å². The highest BCUT2D eigenvalue weighted by Crippen LogP contribution is 2.50. The number of nitrogens with zero attached hydrogens (tertiary/aromatic N) is 8. The van der Waals surface area contributed by atoms with Crippen LogP contribution in [0.1, 0.15) is 100 Å². The summed E-state index contributed by atoms with van der Waals surface area (Å²) in [4.78, 5) is 29.1. The Morgan fingerprint density at radius 2 is 0.553 bits per heavy atom. The van der Waals surface area contributed by atoms with E-state index in [1.165, 1.54) is 0 Å². The second-order valence-corrected chi connectivity index (χ2v) is 30.9. The van der Waals surface area contributed by atoms with Crippen LogP contribution in [0.15, 0.2) is 273 Å². The van der Waals surface area contributed by atoms with Crippen LogP contribution >= 0.6 is 0 Å². The first-order valence-corrected chi connectivity index (χ1v) is 36.9. The molecule has 0 radical (unpaired) electrons. The number of rotatable bonds is 15. The summed E-state index contributed by atoms with van der Waals surface area (Å²) >= 11 is 0. The van der Waals surface area contributed by atoms with Crippen molar-refractivity contribution in [3.05, 3.63) is 312 Å². The zero-order valence-electron chi connectivity index (χ0n) is 62.5. The van der Waals surface area contributed by atoms with E-state index >= 15 is 26.3 Å². The van der Waals surface area contributed by atoms with Crippen molar-refractivity contribution in [3.8, 4) is 102 Å². The Balaban J connectivity index is 0.801. The van der Waals surface area contributed by atoms with E-state index in [9.17, 15) is 26.3 Å². The maximum Gasteiger partial charge on any atom is 0.417 e. The Hall–Kier alpha value is -12.6. The van der Waals surface area contributed by atoms with Crippen LogP contribution in [-0.2, 0) is 41.0 Å². The zero-order valence-corrected chi connectivity index (χ0v) is 62.5. The Bertz CT molecular complexity index is 6280.